The fraction of sp³-hybridized carbons (Fsp3) is 0.455. The molecule has 2 aliphatic rings. The van der Waals surface area contributed by atoms with E-state index < -0.39 is 0 Å². The average Bonchev–Trinajstić information content (AvgIpc) is 3.34. The van der Waals surface area contributed by atoms with E-state index >= 15 is 0 Å². The summed E-state index contributed by atoms with van der Waals surface area (Å²) in [6.07, 6.45) is 8.68. The second-order valence-corrected chi connectivity index (χ2v) is 8.62. The van der Waals surface area contributed by atoms with Crippen molar-refractivity contribution in [3.63, 3.8) is 0 Å². The number of nitrogens with zero attached hydrogens (tertiary/aromatic N) is 6. The Morgan fingerprint density at radius 2 is 1.80 bits per heavy atom. The van der Waals surface area contributed by atoms with Gasteiger partial charge in [0.1, 0.15) is 17.3 Å². The van der Waals surface area contributed by atoms with E-state index in [1.165, 1.54) is 25.7 Å². The molecule has 8 heteroatoms. The van der Waals surface area contributed by atoms with Crippen LogP contribution in [0.5, 0.6) is 0 Å². The van der Waals surface area contributed by atoms with Crippen LogP contribution in [0.2, 0.25) is 0 Å². The van der Waals surface area contributed by atoms with Crippen molar-refractivity contribution in [3.05, 3.63) is 36.7 Å². The van der Waals surface area contributed by atoms with Crippen LogP contribution in [0.4, 0.5) is 11.6 Å². The van der Waals surface area contributed by atoms with Crippen molar-refractivity contribution in [1.29, 1.82) is 0 Å². The smallest absolute Gasteiger partial charge is 0.148 e. The van der Waals surface area contributed by atoms with E-state index in [4.69, 9.17) is 4.98 Å². The Kier molecular flexibility index (Phi) is 4.86. The molecule has 2 saturated heterocycles. The van der Waals surface area contributed by atoms with Gasteiger partial charge in [-0.15, -0.1) is 10.2 Å². The fourth-order valence-corrected chi connectivity index (χ4v) is 4.84. The first-order valence-corrected chi connectivity index (χ1v) is 10.6. The number of rotatable bonds is 5. The highest BCUT2D eigenvalue weighted by molar-refractivity contribution is 5.77. The maximum Gasteiger partial charge on any atom is 0.148 e. The van der Waals surface area contributed by atoms with E-state index in [-0.39, 0.29) is 0 Å². The molecular weight excluding hydrogens is 376 g/mol. The van der Waals surface area contributed by atoms with Gasteiger partial charge in [-0.3, -0.25) is 5.10 Å². The molecule has 2 unspecified atom stereocenters. The maximum absolute atomic E-state index is 4.84. The highest BCUT2D eigenvalue weighted by atomic mass is 15.2. The predicted molar refractivity (Wildman–Crippen MR) is 118 cm³/mol. The van der Waals surface area contributed by atoms with Crippen LogP contribution in [0.1, 0.15) is 25.7 Å². The number of nitrogens with one attached hydrogen (secondary N) is 2. The molecule has 2 aliphatic heterocycles. The lowest BCUT2D eigenvalue weighted by molar-refractivity contribution is 0.168. The van der Waals surface area contributed by atoms with Crippen LogP contribution in [0.25, 0.3) is 22.5 Å². The summed E-state index contributed by atoms with van der Waals surface area (Å²) in [5.41, 5.74) is 3.62. The number of aromatic nitrogens is 5. The first-order valence-electron chi connectivity index (χ1n) is 10.6. The molecule has 2 N–H and O–H groups in total. The highest BCUT2D eigenvalue weighted by Crippen LogP contribution is 2.35. The molecule has 0 saturated carbocycles. The Labute approximate surface area is 176 Å². The first kappa shape index (κ1) is 19.0. The fourth-order valence-electron chi connectivity index (χ4n) is 4.84. The van der Waals surface area contributed by atoms with Gasteiger partial charge in [0.25, 0.3) is 0 Å². The van der Waals surface area contributed by atoms with Crippen molar-refractivity contribution in [2.45, 2.75) is 43.8 Å². The third-order valence-electron chi connectivity index (χ3n) is 6.49. The first-order chi connectivity index (χ1) is 14.6. The maximum atomic E-state index is 4.84. The van der Waals surface area contributed by atoms with Gasteiger partial charge in [-0.25, -0.2) is 4.98 Å². The Balaban J connectivity index is 1.34. The third-order valence-corrected chi connectivity index (χ3v) is 6.49. The topological polar surface area (TPSA) is 85.9 Å². The summed E-state index contributed by atoms with van der Waals surface area (Å²) < 4.78 is 0. The normalized spacial score (nSPS) is 23.5. The standard InChI is InChI=1S/C22H28N8/c1-29(2)22-18(14-12-23-24-13-14)6-7-19(26-22)20-8-9-21(28-27-20)25-15-10-16-4-5-17(11-15)30(16)3/h6-9,12-13,15-17H,4-5,10-11H2,1-3H3,(H,23,24)(H,25,28). The number of fused-ring (bicyclic) bond motifs is 2. The molecule has 5 heterocycles. The minimum Gasteiger partial charge on any atom is -0.366 e. The lowest BCUT2D eigenvalue weighted by Crippen LogP contribution is -2.44. The Hall–Kier alpha value is -3.00. The van der Waals surface area contributed by atoms with Crippen LogP contribution in [-0.2, 0) is 0 Å². The van der Waals surface area contributed by atoms with Gasteiger partial charge in [-0.2, -0.15) is 5.10 Å². The molecule has 156 valence electrons. The van der Waals surface area contributed by atoms with Crippen LogP contribution >= 0.6 is 0 Å². The lowest BCUT2D eigenvalue weighted by atomic mass is 9.98. The summed E-state index contributed by atoms with van der Waals surface area (Å²) >= 11 is 0. The Morgan fingerprint density at radius 3 is 2.43 bits per heavy atom. The van der Waals surface area contributed by atoms with E-state index in [9.17, 15) is 0 Å². The van der Waals surface area contributed by atoms with Crippen molar-refractivity contribution in [1.82, 2.24) is 30.3 Å². The molecule has 30 heavy (non-hydrogen) atoms. The van der Waals surface area contributed by atoms with Crippen molar-refractivity contribution >= 4 is 11.6 Å². The van der Waals surface area contributed by atoms with Gasteiger partial charge in [0, 0.05) is 49.5 Å². The number of pyridine rings is 1. The van der Waals surface area contributed by atoms with Crippen LogP contribution in [-0.4, -0.2) is 69.5 Å². The second-order valence-electron chi connectivity index (χ2n) is 8.62. The zero-order valence-electron chi connectivity index (χ0n) is 17.7. The van der Waals surface area contributed by atoms with E-state index in [1.807, 2.05) is 43.4 Å². The molecule has 3 aromatic rings. The Morgan fingerprint density at radius 1 is 1.03 bits per heavy atom. The largest absolute Gasteiger partial charge is 0.366 e. The van der Waals surface area contributed by atoms with Crippen LogP contribution < -0.4 is 10.2 Å². The second kappa shape index (κ2) is 7.68. The summed E-state index contributed by atoms with van der Waals surface area (Å²) in [6, 6.07) is 9.95. The molecule has 3 aromatic heterocycles. The van der Waals surface area contributed by atoms with Gasteiger partial charge in [0.2, 0.25) is 0 Å². The van der Waals surface area contributed by atoms with E-state index in [1.54, 1.807) is 6.20 Å². The van der Waals surface area contributed by atoms with Crippen LogP contribution in [0.15, 0.2) is 36.7 Å². The monoisotopic (exact) mass is 404 g/mol. The molecular formula is C22H28N8. The summed E-state index contributed by atoms with van der Waals surface area (Å²) in [5, 5.41) is 19.4. The summed E-state index contributed by atoms with van der Waals surface area (Å²) in [7, 11) is 6.24. The van der Waals surface area contributed by atoms with Gasteiger partial charge in [0.15, 0.2) is 0 Å². The number of anilines is 2. The molecule has 0 amide bonds. The summed E-state index contributed by atoms with van der Waals surface area (Å²) in [5.74, 6) is 1.72. The number of hydrogen-bond acceptors (Lipinski definition) is 7. The van der Waals surface area contributed by atoms with Crippen LogP contribution in [0, 0.1) is 0 Å². The summed E-state index contributed by atoms with van der Waals surface area (Å²) in [6.45, 7) is 0. The van der Waals surface area contributed by atoms with Crippen molar-refractivity contribution in [2.75, 3.05) is 31.4 Å². The minimum atomic E-state index is 0.478. The van der Waals surface area contributed by atoms with Crippen LogP contribution in [0.3, 0.4) is 0 Å². The molecule has 0 radical (unpaired) electrons. The number of H-pyrrole nitrogens is 1. The minimum absolute atomic E-state index is 0.478. The molecule has 0 aliphatic carbocycles. The molecule has 2 fully saturated rings. The van der Waals surface area contributed by atoms with E-state index in [2.05, 4.69) is 43.7 Å². The summed E-state index contributed by atoms with van der Waals surface area (Å²) in [4.78, 5) is 9.39. The van der Waals surface area contributed by atoms with Gasteiger partial charge in [-0.05, 0) is 57.0 Å². The lowest BCUT2D eigenvalue weighted by Gasteiger charge is -2.36. The van der Waals surface area contributed by atoms with Gasteiger partial charge in [-0.1, -0.05) is 0 Å². The van der Waals surface area contributed by atoms with Crippen molar-refractivity contribution < 1.29 is 0 Å². The number of piperidine rings is 1. The van der Waals surface area contributed by atoms with Gasteiger partial charge >= 0.3 is 0 Å². The third kappa shape index (κ3) is 3.52. The zero-order valence-corrected chi connectivity index (χ0v) is 17.7. The number of hydrogen-bond donors (Lipinski definition) is 2. The molecule has 0 spiro atoms. The molecule has 2 atom stereocenters. The van der Waals surface area contributed by atoms with E-state index in [0.717, 1.165) is 34.2 Å². The molecule has 5 rings (SSSR count). The highest BCUT2D eigenvalue weighted by Gasteiger charge is 2.38. The quantitative estimate of drug-likeness (QED) is 0.676. The molecule has 0 aromatic carbocycles. The van der Waals surface area contributed by atoms with Gasteiger partial charge < -0.3 is 15.1 Å². The van der Waals surface area contributed by atoms with Gasteiger partial charge in [0.05, 0.1) is 11.9 Å². The average molecular weight is 405 g/mol. The van der Waals surface area contributed by atoms with Crippen molar-refractivity contribution in [3.8, 4) is 22.5 Å². The van der Waals surface area contributed by atoms with Crippen molar-refractivity contribution in [2.24, 2.45) is 0 Å². The molecule has 8 nitrogen and oxygen atoms in total. The molecule has 2 bridgehead atoms. The Bertz CT molecular complexity index is 984. The SMILES string of the molecule is CN(C)c1nc(-c2ccc(NC3CC4CCC(C3)N4C)nn2)ccc1-c1cn[nH]c1. The van der Waals surface area contributed by atoms with E-state index in [0.29, 0.717) is 18.1 Å². The number of aromatic amines is 1. The zero-order chi connectivity index (χ0) is 20.7. The predicted octanol–water partition coefficient (Wildman–Crippen LogP) is 3.03.